The number of fused-ring (bicyclic) bond motifs is 1. The average Bonchev–Trinajstić information content (AvgIpc) is 3.08. The molecular weight excluding hydrogens is 465 g/mol. The van der Waals surface area contributed by atoms with Gasteiger partial charge >= 0.3 is 0 Å². The maximum Gasteiger partial charge on any atom is 0.191 e. The van der Waals surface area contributed by atoms with Crippen molar-refractivity contribution in [2.45, 2.75) is 33.2 Å². The summed E-state index contributed by atoms with van der Waals surface area (Å²) in [6, 6.07) is 7.01. The number of rotatable bonds is 7. The molecule has 1 aliphatic heterocycles. The molecular formula is C21H34IN5O. The number of halogens is 1. The van der Waals surface area contributed by atoms with Gasteiger partial charge in [-0.25, -0.2) is 0 Å². The molecule has 1 saturated heterocycles. The highest BCUT2D eigenvalue weighted by molar-refractivity contribution is 14.0. The average molecular weight is 499 g/mol. The van der Waals surface area contributed by atoms with Crippen LogP contribution in [0, 0.1) is 6.92 Å². The van der Waals surface area contributed by atoms with Gasteiger partial charge in [0.25, 0.3) is 0 Å². The van der Waals surface area contributed by atoms with E-state index in [1.54, 1.807) is 0 Å². The van der Waals surface area contributed by atoms with Crippen LogP contribution < -0.4 is 10.6 Å². The van der Waals surface area contributed by atoms with Gasteiger partial charge in [-0.15, -0.1) is 24.0 Å². The summed E-state index contributed by atoms with van der Waals surface area (Å²) in [6.07, 6.45) is 3.09. The third-order valence-corrected chi connectivity index (χ3v) is 5.14. The number of H-pyrrole nitrogens is 1. The van der Waals surface area contributed by atoms with Gasteiger partial charge in [0.15, 0.2) is 5.96 Å². The lowest BCUT2D eigenvalue weighted by Crippen LogP contribution is -2.44. The van der Waals surface area contributed by atoms with E-state index in [4.69, 9.17) is 9.73 Å². The summed E-state index contributed by atoms with van der Waals surface area (Å²) in [5.41, 5.74) is 3.84. The van der Waals surface area contributed by atoms with Crippen LogP contribution in [0.1, 0.15) is 25.0 Å². The number of guanidine groups is 1. The number of nitrogens with zero attached hydrogens (tertiary/aromatic N) is 2. The number of morpholine rings is 1. The van der Waals surface area contributed by atoms with E-state index in [1.165, 1.54) is 22.0 Å². The minimum atomic E-state index is 0. The molecule has 0 saturated carbocycles. The number of ether oxygens (including phenoxy) is 1. The summed E-state index contributed by atoms with van der Waals surface area (Å²) in [4.78, 5) is 10.6. The minimum Gasteiger partial charge on any atom is -0.379 e. The lowest BCUT2D eigenvalue weighted by molar-refractivity contribution is 0.0220. The monoisotopic (exact) mass is 499 g/mol. The molecule has 1 aromatic carbocycles. The first-order valence-electron chi connectivity index (χ1n) is 10.1. The standard InChI is InChI=1S/C21H33N5O.HI/c1-4-22-21(25-14-17(3)26-9-11-27-12-10-26)23-8-7-18-15-24-20-13-16(2)5-6-19(18)20;/h5-6,13,15,17,24H,4,7-12,14H2,1-3H3,(H2,22,23,25);1H. The molecule has 28 heavy (non-hydrogen) atoms. The Kier molecular flexibility index (Phi) is 9.53. The molecule has 6 nitrogen and oxygen atoms in total. The van der Waals surface area contributed by atoms with Crippen molar-refractivity contribution in [2.24, 2.45) is 4.99 Å². The van der Waals surface area contributed by atoms with Crippen LogP contribution in [0.25, 0.3) is 10.9 Å². The Bertz CT molecular complexity index is 754. The van der Waals surface area contributed by atoms with E-state index in [1.807, 2.05) is 0 Å². The minimum absolute atomic E-state index is 0. The second-order valence-corrected chi connectivity index (χ2v) is 7.26. The number of nitrogens with one attached hydrogen (secondary N) is 3. The second-order valence-electron chi connectivity index (χ2n) is 7.26. The highest BCUT2D eigenvalue weighted by atomic mass is 127. The number of benzene rings is 1. The van der Waals surface area contributed by atoms with Crippen molar-refractivity contribution >= 4 is 40.8 Å². The van der Waals surface area contributed by atoms with Crippen molar-refractivity contribution in [3.63, 3.8) is 0 Å². The zero-order chi connectivity index (χ0) is 19.1. The molecule has 2 heterocycles. The lowest BCUT2D eigenvalue weighted by Gasteiger charge is -2.31. The Hall–Kier alpha value is -1.32. The second kappa shape index (κ2) is 11.6. The Morgan fingerprint density at radius 3 is 2.82 bits per heavy atom. The molecule has 1 atom stereocenters. The first-order chi connectivity index (χ1) is 13.2. The van der Waals surface area contributed by atoms with Crippen molar-refractivity contribution < 1.29 is 4.74 Å². The van der Waals surface area contributed by atoms with Gasteiger partial charge in [-0.2, -0.15) is 0 Å². The van der Waals surface area contributed by atoms with Crippen LogP contribution >= 0.6 is 24.0 Å². The lowest BCUT2D eigenvalue weighted by atomic mass is 10.1. The molecule has 0 bridgehead atoms. The first kappa shape index (κ1) is 23.0. The molecule has 1 aromatic heterocycles. The van der Waals surface area contributed by atoms with Crippen molar-refractivity contribution in [1.29, 1.82) is 0 Å². The van der Waals surface area contributed by atoms with Crippen molar-refractivity contribution in [2.75, 3.05) is 45.9 Å². The summed E-state index contributed by atoms with van der Waals surface area (Å²) in [5.74, 6) is 0.897. The van der Waals surface area contributed by atoms with Crippen LogP contribution in [-0.4, -0.2) is 67.8 Å². The third kappa shape index (κ3) is 6.35. The maximum absolute atomic E-state index is 5.43. The Morgan fingerprint density at radius 1 is 1.29 bits per heavy atom. The fourth-order valence-corrected chi connectivity index (χ4v) is 3.52. The van der Waals surface area contributed by atoms with Gasteiger partial charge in [0.2, 0.25) is 0 Å². The van der Waals surface area contributed by atoms with Crippen molar-refractivity contribution in [1.82, 2.24) is 20.5 Å². The van der Waals surface area contributed by atoms with Gasteiger partial charge in [-0.3, -0.25) is 9.89 Å². The normalized spacial score (nSPS) is 16.6. The predicted octanol–water partition coefficient (Wildman–Crippen LogP) is 2.91. The first-order valence-corrected chi connectivity index (χ1v) is 10.1. The van der Waals surface area contributed by atoms with E-state index in [9.17, 15) is 0 Å². The molecule has 0 radical (unpaired) electrons. The molecule has 7 heteroatoms. The van der Waals surface area contributed by atoms with Crippen molar-refractivity contribution in [3.8, 4) is 0 Å². The number of aryl methyl sites for hydroxylation is 1. The fourth-order valence-electron chi connectivity index (χ4n) is 3.52. The molecule has 156 valence electrons. The van der Waals surface area contributed by atoms with Gasteiger partial charge in [-0.05, 0) is 44.4 Å². The number of aromatic nitrogens is 1. The Balaban J connectivity index is 0.00000280. The van der Waals surface area contributed by atoms with E-state index < -0.39 is 0 Å². The highest BCUT2D eigenvalue weighted by Gasteiger charge is 2.16. The van der Waals surface area contributed by atoms with Gasteiger partial charge in [-0.1, -0.05) is 12.1 Å². The topological polar surface area (TPSA) is 64.7 Å². The van der Waals surface area contributed by atoms with Gasteiger partial charge in [0.1, 0.15) is 0 Å². The fraction of sp³-hybridized carbons (Fsp3) is 0.571. The number of hydrogen-bond donors (Lipinski definition) is 3. The van der Waals surface area contributed by atoms with E-state index in [2.05, 4.69) is 65.7 Å². The van der Waals surface area contributed by atoms with Crippen LogP contribution in [-0.2, 0) is 11.2 Å². The van der Waals surface area contributed by atoms with Gasteiger partial charge in [0, 0.05) is 49.3 Å². The van der Waals surface area contributed by atoms with E-state index >= 15 is 0 Å². The molecule has 0 aliphatic carbocycles. The summed E-state index contributed by atoms with van der Waals surface area (Å²) < 4.78 is 5.43. The molecule has 1 fully saturated rings. The molecule has 0 spiro atoms. The highest BCUT2D eigenvalue weighted by Crippen LogP contribution is 2.19. The van der Waals surface area contributed by atoms with E-state index in [0.29, 0.717) is 6.04 Å². The van der Waals surface area contributed by atoms with Crippen molar-refractivity contribution in [3.05, 3.63) is 35.5 Å². The molecule has 1 aliphatic rings. The van der Waals surface area contributed by atoms with Crippen LogP contribution in [0.2, 0.25) is 0 Å². The molecule has 0 amide bonds. The largest absolute Gasteiger partial charge is 0.379 e. The third-order valence-electron chi connectivity index (χ3n) is 5.14. The Morgan fingerprint density at radius 2 is 2.07 bits per heavy atom. The Labute approximate surface area is 185 Å². The molecule has 2 aromatic rings. The van der Waals surface area contributed by atoms with Crippen LogP contribution in [0.15, 0.2) is 29.4 Å². The summed E-state index contributed by atoms with van der Waals surface area (Å²) >= 11 is 0. The zero-order valence-corrected chi connectivity index (χ0v) is 19.6. The van der Waals surface area contributed by atoms with E-state index in [-0.39, 0.29) is 24.0 Å². The van der Waals surface area contributed by atoms with Crippen LogP contribution in [0.4, 0.5) is 0 Å². The maximum atomic E-state index is 5.43. The van der Waals surface area contributed by atoms with Gasteiger partial charge in [0.05, 0.1) is 19.8 Å². The zero-order valence-electron chi connectivity index (χ0n) is 17.3. The smallest absolute Gasteiger partial charge is 0.191 e. The van der Waals surface area contributed by atoms with Crippen LogP contribution in [0.3, 0.4) is 0 Å². The SMILES string of the molecule is CCNC(=NCC(C)N1CCOCC1)NCCc1c[nH]c2cc(C)ccc12.I. The summed E-state index contributed by atoms with van der Waals surface area (Å²) in [5, 5.41) is 8.14. The number of hydrogen-bond acceptors (Lipinski definition) is 3. The quantitative estimate of drug-likeness (QED) is 0.312. The number of aromatic amines is 1. The van der Waals surface area contributed by atoms with Crippen LogP contribution in [0.5, 0.6) is 0 Å². The van der Waals surface area contributed by atoms with Gasteiger partial charge < -0.3 is 20.4 Å². The molecule has 3 N–H and O–H groups in total. The number of aliphatic imine (C=N–C) groups is 1. The summed E-state index contributed by atoms with van der Waals surface area (Å²) in [6.45, 7) is 12.6. The summed E-state index contributed by atoms with van der Waals surface area (Å²) in [7, 11) is 0. The predicted molar refractivity (Wildman–Crippen MR) is 128 cm³/mol. The molecule has 3 rings (SSSR count). The molecule has 1 unspecified atom stereocenters. The van der Waals surface area contributed by atoms with E-state index in [0.717, 1.165) is 58.3 Å².